The van der Waals surface area contributed by atoms with Crippen molar-refractivity contribution in [1.82, 2.24) is 0 Å². The largest absolute Gasteiger partial charge is 0.507 e. The fourth-order valence-corrected chi connectivity index (χ4v) is 4.94. The van der Waals surface area contributed by atoms with Gasteiger partial charge in [-0.2, -0.15) is 0 Å². The fourth-order valence-electron chi connectivity index (χ4n) is 4.11. The molecule has 176 valence electrons. The number of hydrogen-bond donors (Lipinski definition) is 1. The molecule has 1 aliphatic rings. The van der Waals surface area contributed by atoms with Gasteiger partial charge in [-0.15, -0.1) is 11.3 Å². The first-order chi connectivity index (χ1) is 16.5. The highest BCUT2D eigenvalue weighted by atomic mass is 32.1. The lowest BCUT2D eigenvalue weighted by Gasteiger charge is -2.24. The average Bonchev–Trinajstić information content (AvgIpc) is 3.49. The maximum Gasteiger partial charge on any atom is 0.300 e. The van der Waals surface area contributed by atoms with E-state index in [2.05, 4.69) is 13.8 Å². The Morgan fingerprint density at radius 1 is 1.00 bits per heavy atom. The highest BCUT2D eigenvalue weighted by molar-refractivity contribution is 7.10. The van der Waals surface area contributed by atoms with Gasteiger partial charge in [0.15, 0.2) is 0 Å². The fraction of sp³-hybridized carbons (Fsp3) is 0.286. The normalized spacial score (nSPS) is 17.4. The number of aliphatic hydroxyl groups is 1. The van der Waals surface area contributed by atoms with Crippen LogP contribution in [0.2, 0.25) is 0 Å². The van der Waals surface area contributed by atoms with Crippen LogP contribution in [-0.4, -0.2) is 23.4 Å². The number of thiophene rings is 1. The van der Waals surface area contributed by atoms with Gasteiger partial charge in [-0.3, -0.25) is 14.5 Å². The van der Waals surface area contributed by atoms with Crippen LogP contribution in [0, 0.1) is 0 Å². The zero-order valence-corrected chi connectivity index (χ0v) is 20.3. The highest BCUT2D eigenvalue weighted by Crippen LogP contribution is 2.43. The number of ketones is 1. The molecule has 4 rings (SSSR count). The molecule has 0 aliphatic carbocycles. The van der Waals surface area contributed by atoms with Crippen molar-refractivity contribution in [2.75, 3.05) is 11.5 Å². The van der Waals surface area contributed by atoms with Crippen LogP contribution in [0.1, 0.15) is 55.2 Å². The summed E-state index contributed by atoms with van der Waals surface area (Å²) < 4.78 is 5.75. The molecular formula is C28H29NO4S. The molecule has 1 atom stereocenters. The minimum atomic E-state index is -0.685. The molecule has 1 amide bonds. The van der Waals surface area contributed by atoms with Gasteiger partial charge in [-0.25, -0.2) is 0 Å². The van der Waals surface area contributed by atoms with E-state index in [1.54, 1.807) is 24.3 Å². The second-order valence-electron chi connectivity index (χ2n) is 8.28. The number of amides is 1. The number of nitrogens with zero attached hydrogens (tertiary/aromatic N) is 1. The van der Waals surface area contributed by atoms with Gasteiger partial charge in [0, 0.05) is 16.1 Å². The van der Waals surface area contributed by atoms with Gasteiger partial charge in [0.2, 0.25) is 0 Å². The molecule has 1 saturated heterocycles. The molecule has 5 nitrogen and oxygen atoms in total. The number of Topliss-reactive ketones (excluding diaryl/α,β-unsaturated/α-hetero) is 1. The number of aryl methyl sites for hydroxylation is 1. The molecule has 2 aromatic carbocycles. The molecule has 1 aromatic heterocycles. The third-order valence-electron chi connectivity index (χ3n) is 6.02. The first kappa shape index (κ1) is 23.8. The first-order valence-electron chi connectivity index (χ1n) is 11.7. The summed E-state index contributed by atoms with van der Waals surface area (Å²) in [6, 6.07) is 17.7. The molecule has 0 radical (unpaired) electrons. The lowest BCUT2D eigenvalue weighted by atomic mass is 9.99. The minimum Gasteiger partial charge on any atom is -0.507 e. The van der Waals surface area contributed by atoms with Crippen molar-refractivity contribution < 1.29 is 19.4 Å². The summed E-state index contributed by atoms with van der Waals surface area (Å²) in [5, 5.41) is 13.1. The molecule has 3 aromatic rings. The molecule has 0 spiro atoms. The second kappa shape index (κ2) is 10.7. The van der Waals surface area contributed by atoms with Crippen molar-refractivity contribution in [1.29, 1.82) is 0 Å². The molecule has 1 unspecified atom stereocenters. The topological polar surface area (TPSA) is 66.8 Å². The summed E-state index contributed by atoms with van der Waals surface area (Å²) in [7, 11) is 0. The third-order valence-corrected chi connectivity index (χ3v) is 6.95. The van der Waals surface area contributed by atoms with Gasteiger partial charge in [0.1, 0.15) is 17.6 Å². The van der Waals surface area contributed by atoms with Crippen LogP contribution in [0.5, 0.6) is 5.75 Å². The Morgan fingerprint density at radius 3 is 2.35 bits per heavy atom. The van der Waals surface area contributed by atoms with Crippen molar-refractivity contribution in [3.63, 3.8) is 0 Å². The van der Waals surface area contributed by atoms with E-state index in [9.17, 15) is 14.7 Å². The number of anilines is 1. The molecule has 34 heavy (non-hydrogen) atoms. The Bertz CT molecular complexity index is 1160. The lowest BCUT2D eigenvalue weighted by Crippen LogP contribution is -2.29. The second-order valence-corrected chi connectivity index (χ2v) is 9.26. The van der Waals surface area contributed by atoms with E-state index in [0.717, 1.165) is 36.1 Å². The number of ether oxygens (including phenoxy) is 1. The van der Waals surface area contributed by atoms with Gasteiger partial charge < -0.3 is 9.84 Å². The van der Waals surface area contributed by atoms with E-state index in [4.69, 9.17) is 4.74 Å². The summed E-state index contributed by atoms with van der Waals surface area (Å²) in [5.41, 5.74) is 2.35. The SMILES string of the molecule is CCCCCOc1ccc(/C(O)=C2/C(=O)C(=O)N(c3ccc(CC)cc3)C2c2cccs2)cc1. The summed E-state index contributed by atoms with van der Waals surface area (Å²) >= 11 is 1.45. The molecule has 1 fully saturated rings. The van der Waals surface area contributed by atoms with Crippen LogP contribution in [-0.2, 0) is 16.0 Å². The number of benzene rings is 2. The van der Waals surface area contributed by atoms with E-state index in [1.165, 1.54) is 16.2 Å². The maximum atomic E-state index is 13.2. The third kappa shape index (κ3) is 4.77. The Morgan fingerprint density at radius 2 is 1.74 bits per heavy atom. The average molecular weight is 476 g/mol. The van der Waals surface area contributed by atoms with E-state index in [0.29, 0.717) is 23.6 Å². The van der Waals surface area contributed by atoms with E-state index in [-0.39, 0.29) is 11.3 Å². The van der Waals surface area contributed by atoms with E-state index < -0.39 is 17.7 Å². The molecule has 1 N–H and O–H groups in total. The van der Waals surface area contributed by atoms with Gasteiger partial charge >= 0.3 is 0 Å². The molecule has 2 heterocycles. The zero-order chi connectivity index (χ0) is 24.1. The van der Waals surface area contributed by atoms with Crippen molar-refractivity contribution in [3.8, 4) is 5.75 Å². The quantitative estimate of drug-likeness (QED) is 0.166. The molecule has 0 saturated carbocycles. The number of rotatable bonds is 9. The van der Waals surface area contributed by atoms with Crippen LogP contribution in [0.15, 0.2) is 71.6 Å². The maximum absolute atomic E-state index is 13.2. The van der Waals surface area contributed by atoms with Crippen LogP contribution in [0.4, 0.5) is 5.69 Å². The van der Waals surface area contributed by atoms with Crippen LogP contribution in [0.25, 0.3) is 5.76 Å². The summed E-state index contributed by atoms with van der Waals surface area (Å²) in [4.78, 5) is 28.6. The van der Waals surface area contributed by atoms with Gasteiger partial charge in [-0.1, -0.05) is 44.9 Å². The van der Waals surface area contributed by atoms with Gasteiger partial charge in [-0.05, 0) is 66.2 Å². The molecular weight excluding hydrogens is 446 g/mol. The Kier molecular flexibility index (Phi) is 7.48. The number of carbonyl (C=O) groups is 2. The Labute approximate surface area is 204 Å². The van der Waals surface area contributed by atoms with Crippen molar-refractivity contribution >= 4 is 34.5 Å². The lowest BCUT2D eigenvalue weighted by molar-refractivity contribution is -0.132. The van der Waals surface area contributed by atoms with Crippen molar-refractivity contribution in [2.24, 2.45) is 0 Å². The van der Waals surface area contributed by atoms with Crippen molar-refractivity contribution in [3.05, 3.63) is 87.6 Å². The van der Waals surface area contributed by atoms with E-state index in [1.807, 2.05) is 41.8 Å². The monoisotopic (exact) mass is 475 g/mol. The number of carbonyl (C=O) groups excluding carboxylic acids is 2. The summed E-state index contributed by atoms with van der Waals surface area (Å²) in [5.74, 6) is -0.795. The smallest absolute Gasteiger partial charge is 0.300 e. The summed E-state index contributed by atoms with van der Waals surface area (Å²) in [6.45, 7) is 4.85. The number of aliphatic hydroxyl groups excluding tert-OH is 1. The number of unbranched alkanes of at least 4 members (excludes halogenated alkanes) is 2. The molecule has 0 bridgehead atoms. The Hall–Kier alpha value is -3.38. The van der Waals surface area contributed by atoms with Gasteiger partial charge in [0.25, 0.3) is 11.7 Å². The standard InChI is InChI=1S/C28H29NO4S/c1-3-5-6-17-33-22-15-11-20(12-16-22)26(30)24-25(23-8-7-18-34-23)29(28(32)27(24)31)21-13-9-19(4-2)10-14-21/h7-16,18,25,30H,3-6,17H2,1-2H3/b26-24-. The van der Waals surface area contributed by atoms with Crippen LogP contribution >= 0.6 is 11.3 Å². The summed E-state index contributed by atoms with van der Waals surface area (Å²) in [6.07, 6.45) is 4.11. The van der Waals surface area contributed by atoms with Gasteiger partial charge in [0.05, 0.1) is 12.2 Å². The minimum absolute atomic E-state index is 0.101. The van der Waals surface area contributed by atoms with Crippen LogP contribution < -0.4 is 9.64 Å². The predicted octanol–water partition coefficient (Wildman–Crippen LogP) is 6.51. The van der Waals surface area contributed by atoms with Crippen LogP contribution in [0.3, 0.4) is 0 Å². The van der Waals surface area contributed by atoms with E-state index >= 15 is 0 Å². The first-order valence-corrected chi connectivity index (χ1v) is 12.6. The predicted molar refractivity (Wildman–Crippen MR) is 136 cm³/mol. The number of hydrogen-bond acceptors (Lipinski definition) is 5. The highest BCUT2D eigenvalue weighted by Gasteiger charge is 2.47. The van der Waals surface area contributed by atoms with Crippen molar-refractivity contribution in [2.45, 2.75) is 45.6 Å². The molecule has 6 heteroatoms. The zero-order valence-electron chi connectivity index (χ0n) is 19.5. The molecule has 1 aliphatic heterocycles. The Balaban J connectivity index is 1.70.